The Hall–Kier alpha value is -3.21. The van der Waals surface area contributed by atoms with E-state index in [0.29, 0.717) is 11.4 Å². The number of hydrogen-bond acceptors (Lipinski definition) is 4. The molecule has 2 unspecified atom stereocenters. The Morgan fingerprint density at radius 3 is 2.60 bits per heavy atom. The van der Waals surface area contributed by atoms with Crippen molar-refractivity contribution in [2.45, 2.75) is 65.2 Å². The predicted molar refractivity (Wildman–Crippen MR) is 142 cm³/mol. The van der Waals surface area contributed by atoms with E-state index in [9.17, 15) is 9.90 Å². The van der Waals surface area contributed by atoms with E-state index < -0.39 is 6.09 Å². The molecule has 0 saturated heterocycles. The lowest BCUT2D eigenvalue weighted by Gasteiger charge is -2.32. The highest BCUT2D eigenvalue weighted by Crippen LogP contribution is 2.47. The molecule has 2 atom stereocenters. The van der Waals surface area contributed by atoms with Crippen molar-refractivity contribution >= 4 is 11.8 Å². The number of anilines is 1. The van der Waals surface area contributed by atoms with Crippen molar-refractivity contribution in [2.24, 2.45) is 5.92 Å². The summed E-state index contributed by atoms with van der Waals surface area (Å²) in [7, 11) is 1.36. The Bertz CT molecular complexity index is 1040. The van der Waals surface area contributed by atoms with Gasteiger partial charge in [-0.2, -0.15) is 0 Å². The molecule has 0 heterocycles. The number of hydrogen-bond donors (Lipinski definition) is 1. The van der Waals surface area contributed by atoms with Crippen LogP contribution in [-0.4, -0.2) is 25.0 Å². The molecule has 1 aliphatic carbocycles. The second-order valence-electron chi connectivity index (χ2n) is 9.52. The van der Waals surface area contributed by atoms with Gasteiger partial charge in [-0.3, -0.25) is 0 Å². The molecule has 2 aromatic rings. The van der Waals surface area contributed by atoms with Crippen LogP contribution in [0.1, 0.15) is 69.9 Å². The number of para-hydroxylation sites is 1. The van der Waals surface area contributed by atoms with Crippen molar-refractivity contribution in [1.82, 2.24) is 0 Å². The minimum absolute atomic E-state index is 0.0330. The van der Waals surface area contributed by atoms with Crippen LogP contribution in [0.5, 0.6) is 11.5 Å². The lowest BCUT2D eigenvalue weighted by atomic mass is 9.73. The van der Waals surface area contributed by atoms with Crippen molar-refractivity contribution in [2.75, 3.05) is 18.7 Å². The lowest BCUT2D eigenvalue weighted by Crippen LogP contribution is -2.34. The molecule has 1 aliphatic rings. The van der Waals surface area contributed by atoms with Gasteiger partial charge in [0.15, 0.2) is 6.73 Å². The fraction of sp³-hybridized carbons (Fsp3) is 0.433. The maximum absolute atomic E-state index is 12.6. The fourth-order valence-electron chi connectivity index (χ4n) is 4.84. The number of phenols is 1. The molecule has 5 heteroatoms. The quantitative estimate of drug-likeness (QED) is 0.216. The second kappa shape index (κ2) is 12.5. The van der Waals surface area contributed by atoms with Gasteiger partial charge < -0.3 is 14.6 Å². The van der Waals surface area contributed by atoms with E-state index in [4.69, 9.17) is 9.47 Å². The number of aryl methyl sites for hydroxylation is 1. The lowest BCUT2D eigenvalue weighted by molar-refractivity contribution is 0.170. The number of aromatic hydroxyl groups is 1. The summed E-state index contributed by atoms with van der Waals surface area (Å²) in [5, 5.41) is 11.3. The zero-order valence-corrected chi connectivity index (χ0v) is 21.5. The molecule has 2 aromatic carbocycles. The monoisotopic (exact) mass is 477 g/mol. The molecular formula is C30H39NO4. The number of amides is 1. The Labute approximate surface area is 210 Å². The molecule has 0 aliphatic heterocycles. The average Bonchev–Trinajstić information content (AvgIpc) is 2.84. The van der Waals surface area contributed by atoms with E-state index in [1.807, 2.05) is 42.5 Å². The Morgan fingerprint density at radius 1 is 1.20 bits per heavy atom. The minimum Gasteiger partial charge on any atom is -0.507 e. The number of nitrogens with zero attached hydrogens (tertiary/aromatic N) is 1. The number of allylic oxidation sites excluding steroid dienone is 3. The largest absolute Gasteiger partial charge is 0.507 e. The van der Waals surface area contributed by atoms with Crippen LogP contribution < -0.4 is 9.64 Å². The summed E-state index contributed by atoms with van der Waals surface area (Å²) in [6.45, 7) is 10.6. The molecule has 188 valence electrons. The summed E-state index contributed by atoms with van der Waals surface area (Å²) in [5.74, 6) is 1.01. The highest BCUT2D eigenvalue weighted by atomic mass is 16.6. The highest BCUT2D eigenvalue weighted by molar-refractivity contribution is 5.87. The van der Waals surface area contributed by atoms with Crippen molar-refractivity contribution in [1.29, 1.82) is 0 Å². The van der Waals surface area contributed by atoms with Crippen LogP contribution in [0.25, 0.3) is 0 Å². The van der Waals surface area contributed by atoms with Crippen LogP contribution in [-0.2, 0) is 11.2 Å². The third-order valence-electron chi connectivity index (χ3n) is 6.77. The van der Waals surface area contributed by atoms with Gasteiger partial charge in [0.1, 0.15) is 11.5 Å². The molecule has 0 spiro atoms. The maximum atomic E-state index is 12.6. The first kappa shape index (κ1) is 26.4. The van der Waals surface area contributed by atoms with E-state index in [0.717, 1.165) is 55.2 Å². The maximum Gasteiger partial charge on any atom is 0.416 e. The summed E-state index contributed by atoms with van der Waals surface area (Å²) in [6.07, 6.45) is 7.90. The van der Waals surface area contributed by atoms with Crippen molar-refractivity contribution in [3.05, 3.63) is 77.4 Å². The number of carbonyl (C=O) groups is 1. The van der Waals surface area contributed by atoms with Crippen LogP contribution in [0.2, 0.25) is 0 Å². The van der Waals surface area contributed by atoms with Gasteiger partial charge in [-0.1, -0.05) is 61.8 Å². The molecule has 3 rings (SSSR count). The second-order valence-corrected chi connectivity index (χ2v) is 9.52. The smallest absolute Gasteiger partial charge is 0.416 e. The van der Waals surface area contributed by atoms with E-state index in [2.05, 4.69) is 33.4 Å². The molecule has 0 saturated carbocycles. The van der Waals surface area contributed by atoms with Gasteiger partial charge in [-0.25, -0.2) is 9.69 Å². The molecule has 1 amide bonds. The van der Waals surface area contributed by atoms with Gasteiger partial charge >= 0.3 is 6.09 Å². The summed E-state index contributed by atoms with van der Waals surface area (Å²) in [5.41, 5.74) is 4.86. The predicted octanol–water partition coefficient (Wildman–Crippen LogP) is 7.75. The number of carbonyl (C=O) groups excluding carboxylic acids is 1. The molecular weight excluding hydrogens is 438 g/mol. The van der Waals surface area contributed by atoms with Crippen molar-refractivity contribution in [3.63, 3.8) is 0 Å². The molecule has 35 heavy (non-hydrogen) atoms. The SMILES string of the molecule is C=C(C)C1CCC(C)=CC1c1c(O)cc(CCCCC)cc1OCN(C(=O)OC)c1ccccc1. The van der Waals surface area contributed by atoms with E-state index in [1.165, 1.54) is 17.6 Å². The summed E-state index contributed by atoms with van der Waals surface area (Å²) < 4.78 is 11.3. The van der Waals surface area contributed by atoms with Crippen LogP contribution in [0, 0.1) is 5.92 Å². The number of rotatable bonds is 10. The Balaban J connectivity index is 2.01. The molecule has 0 bridgehead atoms. The normalized spacial score (nSPS) is 17.4. The van der Waals surface area contributed by atoms with Crippen LogP contribution in [0.3, 0.4) is 0 Å². The molecule has 0 aromatic heterocycles. The topological polar surface area (TPSA) is 59.0 Å². The summed E-state index contributed by atoms with van der Waals surface area (Å²) in [4.78, 5) is 14.0. The number of unbranched alkanes of at least 4 members (excludes halogenated alkanes) is 2. The van der Waals surface area contributed by atoms with Crippen molar-refractivity contribution < 1.29 is 19.4 Å². The average molecular weight is 478 g/mol. The Morgan fingerprint density at radius 2 is 1.94 bits per heavy atom. The van der Waals surface area contributed by atoms with Gasteiger partial charge in [0, 0.05) is 11.5 Å². The molecule has 1 N–H and O–H groups in total. The standard InChI is InChI=1S/C30H39NO4/c1-6-7-9-12-23-18-27(32)29(26-17-22(4)15-16-25(26)21(2)3)28(19-23)35-20-31(30(33)34-5)24-13-10-8-11-14-24/h8,10-11,13-14,17-19,25-26,32H,2,6-7,9,12,15-16,20H2,1,3-5H3. The van der Waals surface area contributed by atoms with Gasteiger partial charge in [0.05, 0.1) is 12.8 Å². The number of phenolic OH excluding ortho intramolecular Hbond substituents is 1. The van der Waals surface area contributed by atoms with Crippen LogP contribution in [0.4, 0.5) is 10.5 Å². The third-order valence-corrected chi connectivity index (χ3v) is 6.77. The van der Waals surface area contributed by atoms with Gasteiger partial charge in [0.2, 0.25) is 0 Å². The van der Waals surface area contributed by atoms with Gasteiger partial charge in [-0.05, 0) is 75.3 Å². The molecule has 0 fully saturated rings. The zero-order valence-electron chi connectivity index (χ0n) is 21.5. The van der Waals surface area contributed by atoms with Crippen LogP contribution in [0.15, 0.2) is 66.3 Å². The number of ether oxygens (including phenoxy) is 2. The zero-order chi connectivity index (χ0) is 25.4. The third kappa shape index (κ3) is 6.68. The van der Waals surface area contributed by atoms with Gasteiger partial charge in [0.25, 0.3) is 0 Å². The van der Waals surface area contributed by atoms with E-state index in [1.54, 1.807) is 0 Å². The molecule has 5 nitrogen and oxygen atoms in total. The van der Waals surface area contributed by atoms with E-state index in [-0.39, 0.29) is 24.3 Å². The first-order chi connectivity index (χ1) is 16.8. The summed E-state index contributed by atoms with van der Waals surface area (Å²) in [6, 6.07) is 13.2. The van der Waals surface area contributed by atoms with E-state index >= 15 is 0 Å². The highest BCUT2D eigenvalue weighted by Gasteiger charge is 2.31. The first-order valence-corrected chi connectivity index (χ1v) is 12.6. The summed E-state index contributed by atoms with van der Waals surface area (Å²) >= 11 is 0. The first-order valence-electron chi connectivity index (χ1n) is 12.6. The van der Waals surface area contributed by atoms with Crippen molar-refractivity contribution in [3.8, 4) is 11.5 Å². The van der Waals surface area contributed by atoms with Gasteiger partial charge in [-0.15, -0.1) is 0 Å². The number of benzene rings is 2. The minimum atomic E-state index is -0.505. The fourth-order valence-corrected chi connectivity index (χ4v) is 4.84. The number of methoxy groups -OCH3 is 1. The molecule has 0 radical (unpaired) electrons. The Kier molecular flexibility index (Phi) is 9.41. The van der Waals surface area contributed by atoms with Crippen LogP contribution >= 0.6 is 0 Å².